The predicted octanol–water partition coefficient (Wildman–Crippen LogP) is 3.91. The number of nitrogens with one attached hydrogen (secondary N) is 1. The standard InChI is InChI=1S/C32H32F4N6O7S2/c33-14-24(43)18-49-25-7-3-19(4-8-25)11-23(15-38-28(30(44)45)12-20-1-5-21(6-2-20)32(34,35)36)42-16-22(40-41-42)17-48-26-9-10-27-29(13-26)50-31(39-27)51(37,46)47/h1-10,13,16,23-24,28,38,43H,11-12,14-15,17-18H2,(H,44,45)(H2,37,46,47)/t23-,24?,28?/m1/s1. The van der Waals surface area contributed by atoms with Crippen molar-refractivity contribution in [2.75, 3.05) is 19.8 Å². The molecule has 2 aromatic heterocycles. The summed E-state index contributed by atoms with van der Waals surface area (Å²) in [5.74, 6) is -0.387. The number of carboxylic acids is 1. The molecule has 2 unspecified atom stereocenters. The van der Waals surface area contributed by atoms with Gasteiger partial charge in [-0.15, -0.1) is 16.4 Å². The van der Waals surface area contributed by atoms with E-state index in [1.807, 2.05) is 0 Å². The molecule has 0 radical (unpaired) electrons. The average molecular weight is 753 g/mol. The normalized spacial score (nSPS) is 13.9. The molecule has 19 heteroatoms. The van der Waals surface area contributed by atoms with Crippen LogP contribution in [-0.2, 0) is 40.4 Å². The van der Waals surface area contributed by atoms with Gasteiger partial charge in [-0.3, -0.25) is 4.79 Å². The quantitative estimate of drug-likeness (QED) is 0.101. The highest BCUT2D eigenvalue weighted by molar-refractivity contribution is 7.91. The zero-order valence-electron chi connectivity index (χ0n) is 26.5. The van der Waals surface area contributed by atoms with Crippen molar-refractivity contribution in [1.82, 2.24) is 25.3 Å². The third kappa shape index (κ3) is 10.4. The Morgan fingerprint density at radius 3 is 2.31 bits per heavy atom. The minimum absolute atomic E-state index is 0.0189. The molecule has 5 aromatic rings. The second-order valence-corrected chi connectivity index (χ2v) is 14.2. The number of hydrogen-bond acceptors (Lipinski definition) is 11. The molecule has 0 spiro atoms. The Labute approximate surface area is 292 Å². The van der Waals surface area contributed by atoms with E-state index in [-0.39, 0.29) is 30.5 Å². The van der Waals surface area contributed by atoms with Gasteiger partial charge in [0, 0.05) is 6.54 Å². The molecule has 0 fully saturated rings. The Morgan fingerprint density at radius 2 is 1.67 bits per heavy atom. The number of nitrogens with zero attached hydrogens (tertiary/aromatic N) is 4. The van der Waals surface area contributed by atoms with Crippen LogP contribution in [0.3, 0.4) is 0 Å². The molecule has 0 aliphatic heterocycles. The molecule has 0 amide bonds. The van der Waals surface area contributed by atoms with Crippen LogP contribution in [0.25, 0.3) is 10.2 Å². The van der Waals surface area contributed by atoms with Crippen LogP contribution in [0, 0.1) is 0 Å². The number of aromatic nitrogens is 4. The number of aliphatic hydroxyl groups excluding tert-OH is 1. The lowest BCUT2D eigenvalue weighted by molar-refractivity contribution is -0.140. The first kappa shape index (κ1) is 37.6. The van der Waals surface area contributed by atoms with Crippen LogP contribution in [0.1, 0.15) is 28.4 Å². The third-order valence-corrected chi connectivity index (χ3v) is 9.87. The number of fused-ring (bicyclic) bond motifs is 1. The summed E-state index contributed by atoms with van der Waals surface area (Å²) < 4.78 is 88.1. The van der Waals surface area contributed by atoms with E-state index in [0.717, 1.165) is 29.0 Å². The summed E-state index contributed by atoms with van der Waals surface area (Å²) in [6.45, 7) is -1.13. The molecule has 2 heterocycles. The number of hydrogen-bond donors (Lipinski definition) is 4. The zero-order valence-corrected chi connectivity index (χ0v) is 28.2. The third-order valence-electron chi connectivity index (χ3n) is 7.54. The van der Waals surface area contributed by atoms with Gasteiger partial charge in [0.25, 0.3) is 10.0 Å². The number of rotatable bonds is 17. The Kier molecular flexibility index (Phi) is 11.9. The van der Waals surface area contributed by atoms with E-state index in [9.17, 15) is 41.0 Å². The highest BCUT2D eigenvalue weighted by Gasteiger charge is 2.30. The average Bonchev–Trinajstić information content (AvgIpc) is 3.75. The summed E-state index contributed by atoms with van der Waals surface area (Å²) in [5.41, 5.74) is 1.20. The fraction of sp³-hybridized carbons (Fsp3) is 0.312. The number of primary sulfonamides is 1. The summed E-state index contributed by atoms with van der Waals surface area (Å²) in [7, 11) is -3.96. The van der Waals surface area contributed by atoms with Crippen molar-refractivity contribution in [2.45, 2.75) is 48.2 Å². The molecule has 0 aliphatic rings. The van der Waals surface area contributed by atoms with Gasteiger partial charge in [-0.2, -0.15) is 13.2 Å². The molecular formula is C32H32F4N6O7S2. The van der Waals surface area contributed by atoms with Crippen LogP contribution < -0.4 is 19.9 Å². The number of carboxylic acid groups (broad SMARTS) is 1. The van der Waals surface area contributed by atoms with E-state index >= 15 is 0 Å². The molecule has 3 aromatic carbocycles. The van der Waals surface area contributed by atoms with E-state index in [0.29, 0.717) is 39.4 Å². The van der Waals surface area contributed by atoms with Gasteiger partial charge in [-0.25, -0.2) is 27.6 Å². The van der Waals surface area contributed by atoms with E-state index in [2.05, 4.69) is 20.6 Å². The van der Waals surface area contributed by atoms with E-state index in [1.54, 1.807) is 48.7 Å². The minimum atomic E-state index is -4.52. The van der Waals surface area contributed by atoms with E-state index < -0.39 is 52.6 Å². The topological polar surface area (TPSA) is 192 Å². The second kappa shape index (κ2) is 16.1. The maximum Gasteiger partial charge on any atom is 0.416 e. The van der Waals surface area contributed by atoms with Crippen LogP contribution in [-0.4, -0.2) is 76.6 Å². The maximum atomic E-state index is 13.0. The molecular weight excluding hydrogens is 721 g/mol. The number of carbonyl (C=O) groups is 1. The van der Waals surface area contributed by atoms with Crippen LogP contribution in [0.15, 0.2) is 77.3 Å². The number of nitrogens with two attached hydrogens (primary N) is 1. The van der Waals surface area contributed by atoms with E-state index in [4.69, 9.17) is 14.6 Å². The lowest BCUT2D eigenvalue weighted by Gasteiger charge is -2.21. The molecule has 5 N–H and O–H groups in total. The van der Waals surface area contributed by atoms with Crippen molar-refractivity contribution in [3.05, 3.63) is 95.3 Å². The largest absolute Gasteiger partial charge is 0.491 e. The lowest BCUT2D eigenvalue weighted by Crippen LogP contribution is -2.42. The van der Waals surface area contributed by atoms with Crippen molar-refractivity contribution < 1.29 is 50.5 Å². The minimum Gasteiger partial charge on any atom is -0.491 e. The molecule has 0 saturated carbocycles. The summed E-state index contributed by atoms with van der Waals surface area (Å²) in [6.07, 6.45) is -3.92. The Morgan fingerprint density at radius 1 is 1.00 bits per heavy atom. The van der Waals surface area contributed by atoms with Gasteiger partial charge < -0.3 is 25.0 Å². The van der Waals surface area contributed by atoms with Crippen molar-refractivity contribution in [3.8, 4) is 11.5 Å². The summed E-state index contributed by atoms with van der Waals surface area (Å²) in [6, 6.07) is 14.2. The molecule has 51 heavy (non-hydrogen) atoms. The Balaban J connectivity index is 1.30. The summed E-state index contributed by atoms with van der Waals surface area (Å²) in [5, 5.41) is 36.0. The van der Waals surface area contributed by atoms with Crippen molar-refractivity contribution in [2.24, 2.45) is 5.14 Å². The first-order valence-corrected chi connectivity index (χ1v) is 17.6. The van der Waals surface area contributed by atoms with Gasteiger partial charge in [-0.1, -0.05) is 29.5 Å². The number of thiazole rings is 1. The van der Waals surface area contributed by atoms with Gasteiger partial charge >= 0.3 is 12.1 Å². The van der Waals surface area contributed by atoms with Gasteiger partial charge in [0.2, 0.25) is 4.34 Å². The molecule has 272 valence electrons. The molecule has 5 rings (SSSR count). The number of alkyl halides is 4. The SMILES string of the molecule is NS(=O)(=O)c1nc2ccc(OCc3cn([C@@H](CNC(Cc4ccc(C(F)(F)F)cc4)C(=O)O)Cc4ccc(OCC(O)CF)cc4)nn3)cc2s1. The lowest BCUT2D eigenvalue weighted by atomic mass is 10.0. The van der Waals surface area contributed by atoms with Gasteiger partial charge in [0.15, 0.2) is 0 Å². The van der Waals surface area contributed by atoms with Crippen molar-refractivity contribution in [3.63, 3.8) is 0 Å². The van der Waals surface area contributed by atoms with Gasteiger partial charge in [0.1, 0.15) is 49.2 Å². The first-order chi connectivity index (χ1) is 24.2. The number of sulfonamides is 1. The fourth-order valence-corrected chi connectivity index (χ4v) is 6.58. The first-order valence-electron chi connectivity index (χ1n) is 15.2. The van der Waals surface area contributed by atoms with Crippen LogP contribution >= 0.6 is 11.3 Å². The Hall–Kier alpha value is -4.69. The van der Waals surface area contributed by atoms with Gasteiger partial charge in [0.05, 0.1) is 28.0 Å². The maximum absolute atomic E-state index is 13.0. The number of aliphatic hydroxyl groups is 1. The van der Waals surface area contributed by atoms with Crippen LogP contribution in [0.2, 0.25) is 0 Å². The van der Waals surface area contributed by atoms with Crippen molar-refractivity contribution >= 4 is 37.5 Å². The smallest absolute Gasteiger partial charge is 0.416 e. The molecule has 0 saturated heterocycles. The molecule has 3 atom stereocenters. The van der Waals surface area contributed by atoms with Crippen LogP contribution in [0.4, 0.5) is 17.6 Å². The number of aliphatic carboxylic acids is 1. The zero-order chi connectivity index (χ0) is 36.8. The van der Waals surface area contributed by atoms with Crippen molar-refractivity contribution in [1.29, 1.82) is 0 Å². The van der Waals surface area contributed by atoms with Crippen LogP contribution in [0.5, 0.6) is 11.5 Å². The molecule has 0 aliphatic carbocycles. The highest BCUT2D eigenvalue weighted by Crippen LogP contribution is 2.30. The molecule has 13 nitrogen and oxygen atoms in total. The highest BCUT2D eigenvalue weighted by atomic mass is 32.2. The fourth-order valence-electron chi connectivity index (χ4n) is 4.89. The number of halogens is 4. The second-order valence-electron chi connectivity index (χ2n) is 11.5. The predicted molar refractivity (Wildman–Crippen MR) is 177 cm³/mol. The Bertz CT molecular complexity index is 2040. The number of benzene rings is 3. The summed E-state index contributed by atoms with van der Waals surface area (Å²) in [4.78, 5) is 16.2. The monoisotopic (exact) mass is 752 g/mol. The number of ether oxygens (including phenoxy) is 2. The van der Waals surface area contributed by atoms with Gasteiger partial charge in [-0.05, 0) is 66.4 Å². The molecule has 0 bridgehead atoms. The summed E-state index contributed by atoms with van der Waals surface area (Å²) >= 11 is 0.902. The van der Waals surface area contributed by atoms with E-state index in [1.165, 1.54) is 16.8 Å².